The summed E-state index contributed by atoms with van der Waals surface area (Å²) in [4.78, 5) is 24.9. The van der Waals surface area contributed by atoms with Gasteiger partial charge in [-0.3, -0.25) is 14.9 Å². The molecule has 0 saturated carbocycles. The summed E-state index contributed by atoms with van der Waals surface area (Å²) >= 11 is 0. The van der Waals surface area contributed by atoms with Crippen LogP contribution in [-0.2, 0) is 9.47 Å². The van der Waals surface area contributed by atoms with Crippen LogP contribution in [-0.4, -0.2) is 55.8 Å². The number of methoxy groups -OCH3 is 1. The van der Waals surface area contributed by atoms with Crippen molar-refractivity contribution in [3.8, 4) is 0 Å². The average Bonchev–Trinajstić information content (AvgIpc) is 2.59. The smallest absolute Gasteiger partial charge is 0.273 e. The van der Waals surface area contributed by atoms with Crippen LogP contribution in [0.4, 0.5) is 5.69 Å². The van der Waals surface area contributed by atoms with E-state index in [1.165, 1.54) is 6.07 Å². The van der Waals surface area contributed by atoms with Crippen molar-refractivity contribution in [3.63, 3.8) is 0 Å². The normalized spacial score (nSPS) is 15.5. The Balaban J connectivity index is 1.89. The number of piperidine rings is 1. The number of likely N-dealkylation sites (tertiary alicyclic amines) is 1. The molecule has 0 aromatic heterocycles. The van der Waals surface area contributed by atoms with E-state index in [0.717, 1.165) is 12.8 Å². The molecule has 132 valence electrons. The number of benzene rings is 1. The zero-order valence-electron chi connectivity index (χ0n) is 14.2. The highest BCUT2D eigenvalue weighted by molar-refractivity contribution is 5.95. The predicted octanol–water partition coefficient (Wildman–Crippen LogP) is 2.42. The average molecular weight is 336 g/mol. The van der Waals surface area contributed by atoms with E-state index in [-0.39, 0.29) is 11.6 Å². The third-order valence-corrected chi connectivity index (χ3v) is 4.34. The van der Waals surface area contributed by atoms with Crippen molar-refractivity contribution in [2.45, 2.75) is 19.8 Å². The van der Waals surface area contributed by atoms with Gasteiger partial charge in [-0.2, -0.15) is 0 Å². The standard InChI is InChI=1S/C17H24N2O5/c1-13-3-4-15(11-16(13)19(21)22)17(20)18-7-5-14(6-8-18)12-24-10-9-23-2/h3-4,11,14H,5-10,12H2,1-2H3. The van der Waals surface area contributed by atoms with Crippen molar-refractivity contribution in [1.29, 1.82) is 0 Å². The van der Waals surface area contributed by atoms with Crippen molar-refractivity contribution in [2.24, 2.45) is 5.92 Å². The van der Waals surface area contributed by atoms with Gasteiger partial charge >= 0.3 is 0 Å². The monoisotopic (exact) mass is 336 g/mol. The van der Waals surface area contributed by atoms with E-state index in [1.54, 1.807) is 31.1 Å². The van der Waals surface area contributed by atoms with Crippen LogP contribution in [0, 0.1) is 23.0 Å². The van der Waals surface area contributed by atoms with Crippen molar-refractivity contribution in [3.05, 3.63) is 39.4 Å². The van der Waals surface area contributed by atoms with Crippen LogP contribution in [0.2, 0.25) is 0 Å². The second-order valence-corrected chi connectivity index (χ2v) is 6.06. The highest BCUT2D eigenvalue weighted by Crippen LogP contribution is 2.23. The largest absolute Gasteiger partial charge is 0.382 e. The fourth-order valence-corrected chi connectivity index (χ4v) is 2.82. The lowest BCUT2D eigenvalue weighted by Gasteiger charge is -2.32. The number of carbonyl (C=O) groups is 1. The van der Waals surface area contributed by atoms with E-state index in [1.807, 2.05) is 0 Å². The van der Waals surface area contributed by atoms with Gasteiger partial charge < -0.3 is 14.4 Å². The molecule has 7 heteroatoms. The zero-order chi connectivity index (χ0) is 17.5. The third kappa shape index (κ3) is 4.75. The Bertz CT molecular complexity index is 582. The number of amides is 1. The third-order valence-electron chi connectivity index (χ3n) is 4.34. The molecule has 1 saturated heterocycles. The number of rotatable bonds is 7. The minimum absolute atomic E-state index is 0.0118. The van der Waals surface area contributed by atoms with Crippen LogP contribution < -0.4 is 0 Å². The first kappa shape index (κ1) is 18.4. The SMILES string of the molecule is COCCOCC1CCN(C(=O)c2ccc(C)c([N+](=O)[O-])c2)CC1. The Morgan fingerprint density at radius 3 is 2.67 bits per heavy atom. The van der Waals surface area contributed by atoms with Crippen molar-refractivity contribution < 1.29 is 19.2 Å². The van der Waals surface area contributed by atoms with Crippen molar-refractivity contribution in [1.82, 2.24) is 4.90 Å². The number of nitrogens with zero attached hydrogens (tertiary/aromatic N) is 2. The lowest BCUT2D eigenvalue weighted by molar-refractivity contribution is -0.385. The summed E-state index contributed by atoms with van der Waals surface area (Å²) in [7, 11) is 1.64. The van der Waals surface area contributed by atoms with E-state index in [0.29, 0.717) is 50.0 Å². The molecule has 1 aromatic carbocycles. The van der Waals surface area contributed by atoms with Crippen LogP contribution >= 0.6 is 0 Å². The first-order valence-electron chi connectivity index (χ1n) is 8.14. The summed E-state index contributed by atoms with van der Waals surface area (Å²) in [5.41, 5.74) is 0.924. The summed E-state index contributed by atoms with van der Waals surface area (Å²) in [5, 5.41) is 11.0. The molecule has 0 atom stereocenters. The highest BCUT2D eigenvalue weighted by atomic mass is 16.6. The van der Waals surface area contributed by atoms with Gasteiger partial charge in [0.25, 0.3) is 11.6 Å². The van der Waals surface area contributed by atoms with Crippen LogP contribution in [0.25, 0.3) is 0 Å². The number of carbonyl (C=O) groups excluding carboxylic acids is 1. The maximum Gasteiger partial charge on any atom is 0.273 e. The molecule has 1 fully saturated rings. The van der Waals surface area contributed by atoms with Gasteiger partial charge in [-0.25, -0.2) is 0 Å². The highest BCUT2D eigenvalue weighted by Gasteiger charge is 2.25. The molecule has 0 N–H and O–H groups in total. The van der Waals surface area contributed by atoms with Crippen molar-refractivity contribution in [2.75, 3.05) is 40.0 Å². The number of nitro groups is 1. The predicted molar refractivity (Wildman–Crippen MR) is 89.2 cm³/mol. The molecule has 1 aliphatic rings. The fourth-order valence-electron chi connectivity index (χ4n) is 2.82. The Morgan fingerprint density at radius 2 is 2.04 bits per heavy atom. The first-order valence-corrected chi connectivity index (χ1v) is 8.14. The number of ether oxygens (including phenoxy) is 2. The Kier molecular flexibility index (Phi) is 6.69. The summed E-state index contributed by atoms with van der Waals surface area (Å²) in [6.07, 6.45) is 1.76. The van der Waals surface area contributed by atoms with Crippen LogP contribution in [0.1, 0.15) is 28.8 Å². The molecule has 7 nitrogen and oxygen atoms in total. The van der Waals surface area contributed by atoms with Crippen LogP contribution in [0.3, 0.4) is 0 Å². The zero-order valence-corrected chi connectivity index (χ0v) is 14.2. The van der Waals surface area contributed by atoms with Gasteiger partial charge in [-0.15, -0.1) is 0 Å². The van der Waals surface area contributed by atoms with E-state index in [9.17, 15) is 14.9 Å². The quantitative estimate of drug-likeness (QED) is 0.434. The molecule has 0 bridgehead atoms. The Labute approximate surface area is 141 Å². The molecule has 1 aromatic rings. The van der Waals surface area contributed by atoms with Gasteiger partial charge in [0.15, 0.2) is 0 Å². The molecule has 0 aliphatic carbocycles. The number of hydrogen-bond acceptors (Lipinski definition) is 5. The molecule has 1 amide bonds. The van der Waals surface area contributed by atoms with Gasteiger partial charge in [0.05, 0.1) is 18.1 Å². The maximum atomic E-state index is 12.5. The van der Waals surface area contributed by atoms with E-state index >= 15 is 0 Å². The van der Waals surface area contributed by atoms with Crippen LogP contribution in [0.15, 0.2) is 18.2 Å². The number of aryl methyl sites for hydroxylation is 1. The van der Waals surface area contributed by atoms with Crippen molar-refractivity contribution >= 4 is 11.6 Å². The summed E-state index contributed by atoms with van der Waals surface area (Å²) in [6, 6.07) is 4.66. The lowest BCUT2D eigenvalue weighted by Crippen LogP contribution is -2.39. The van der Waals surface area contributed by atoms with E-state index in [2.05, 4.69) is 0 Å². The van der Waals surface area contributed by atoms with Gasteiger partial charge in [-0.05, 0) is 31.7 Å². The number of hydrogen-bond donors (Lipinski definition) is 0. The topological polar surface area (TPSA) is 81.9 Å². The Hall–Kier alpha value is -1.99. The molecular weight excluding hydrogens is 312 g/mol. The minimum Gasteiger partial charge on any atom is -0.382 e. The van der Waals surface area contributed by atoms with Gasteiger partial charge in [0.1, 0.15) is 0 Å². The summed E-state index contributed by atoms with van der Waals surface area (Å²) in [6.45, 7) is 4.83. The molecule has 0 radical (unpaired) electrons. The lowest BCUT2D eigenvalue weighted by atomic mass is 9.97. The molecule has 0 spiro atoms. The summed E-state index contributed by atoms with van der Waals surface area (Å²) in [5.74, 6) is 0.301. The number of nitro benzene ring substituents is 1. The summed E-state index contributed by atoms with van der Waals surface area (Å²) < 4.78 is 10.5. The second-order valence-electron chi connectivity index (χ2n) is 6.06. The molecule has 0 unspecified atom stereocenters. The first-order chi connectivity index (χ1) is 11.5. The molecule has 1 heterocycles. The van der Waals surface area contributed by atoms with Gasteiger partial charge in [0.2, 0.25) is 0 Å². The van der Waals surface area contributed by atoms with Crippen LogP contribution in [0.5, 0.6) is 0 Å². The maximum absolute atomic E-state index is 12.5. The molecule has 2 rings (SSSR count). The fraction of sp³-hybridized carbons (Fsp3) is 0.588. The van der Waals surface area contributed by atoms with Gasteiger partial charge in [0, 0.05) is 44.0 Å². The van der Waals surface area contributed by atoms with E-state index < -0.39 is 4.92 Å². The van der Waals surface area contributed by atoms with E-state index in [4.69, 9.17) is 9.47 Å². The Morgan fingerprint density at radius 1 is 1.33 bits per heavy atom. The van der Waals surface area contributed by atoms with Gasteiger partial charge in [-0.1, -0.05) is 6.07 Å². The molecule has 1 aliphatic heterocycles. The second kappa shape index (κ2) is 8.75. The molecular formula is C17H24N2O5. The molecule has 24 heavy (non-hydrogen) atoms. The minimum atomic E-state index is -0.449.